The summed E-state index contributed by atoms with van der Waals surface area (Å²) in [6.07, 6.45) is 2.45. The van der Waals surface area contributed by atoms with Crippen LogP contribution < -0.4 is 4.72 Å². The van der Waals surface area contributed by atoms with Gasteiger partial charge in [0.2, 0.25) is 10.0 Å². The topological polar surface area (TPSA) is 72.0 Å². The van der Waals surface area contributed by atoms with Crippen LogP contribution >= 0.6 is 11.3 Å². The standard InChI is InChI=1S/C8H9N3O2S2/c1-5-3-14-8-6(5)7(9-4-10-8)11-15(2,12)13/h3-4H,1-2H3,(H,9,10,11). The molecule has 1 N–H and O–H groups in total. The van der Waals surface area contributed by atoms with E-state index >= 15 is 0 Å². The number of rotatable bonds is 2. The van der Waals surface area contributed by atoms with E-state index in [1.807, 2.05) is 12.3 Å². The normalized spacial score (nSPS) is 11.9. The van der Waals surface area contributed by atoms with Crippen molar-refractivity contribution in [3.63, 3.8) is 0 Å². The molecule has 2 heterocycles. The van der Waals surface area contributed by atoms with Gasteiger partial charge in [0.1, 0.15) is 11.2 Å². The van der Waals surface area contributed by atoms with Gasteiger partial charge >= 0.3 is 0 Å². The molecule has 0 atom stereocenters. The lowest BCUT2D eigenvalue weighted by molar-refractivity contribution is 0.606. The number of aromatic nitrogens is 2. The van der Waals surface area contributed by atoms with E-state index in [0.717, 1.165) is 22.0 Å². The van der Waals surface area contributed by atoms with Crippen LogP contribution in [0.15, 0.2) is 11.7 Å². The molecule has 0 aliphatic rings. The summed E-state index contributed by atoms with van der Waals surface area (Å²) in [6, 6.07) is 0. The number of anilines is 1. The van der Waals surface area contributed by atoms with E-state index in [1.54, 1.807) is 0 Å². The molecule has 80 valence electrons. The van der Waals surface area contributed by atoms with Gasteiger partial charge in [0.05, 0.1) is 11.6 Å². The predicted molar refractivity (Wildman–Crippen MR) is 60.6 cm³/mol. The molecule has 0 fully saturated rings. The second-order valence-electron chi connectivity index (χ2n) is 3.20. The summed E-state index contributed by atoms with van der Waals surface area (Å²) < 4.78 is 24.6. The average Bonchev–Trinajstić information content (AvgIpc) is 2.46. The first-order chi connectivity index (χ1) is 6.97. The number of aryl methyl sites for hydroxylation is 1. The van der Waals surface area contributed by atoms with Crippen molar-refractivity contribution < 1.29 is 8.42 Å². The fourth-order valence-electron chi connectivity index (χ4n) is 1.27. The van der Waals surface area contributed by atoms with Gasteiger partial charge in [0.15, 0.2) is 5.82 Å². The lowest BCUT2D eigenvalue weighted by atomic mass is 10.2. The summed E-state index contributed by atoms with van der Waals surface area (Å²) in [4.78, 5) is 8.78. The van der Waals surface area contributed by atoms with Gasteiger partial charge in [-0.25, -0.2) is 18.4 Å². The highest BCUT2D eigenvalue weighted by molar-refractivity contribution is 7.92. The number of hydrogen-bond acceptors (Lipinski definition) is 5. The average molecular weight is 243 g/mol. The van der Waals surface area contributed by atoms with Crippen molar-refractivity contribution in [3.05, 3.63) is 17.3 Å². The summed E-state index contributed by atoms with van der Waals surface area (Å²) in [6.45, 7) is 1.90. The molecule has 0 radical (unpaired) electrons. The zero-order valence-electron chi connectivity index (χ0n) is 8.18. The highest BCUT2D eigenvalue weighted by Crippen LogP contribution is 2.28. The Balaban J connectivity index is 2.65. The summed E-state index contributed by atoms with van der Waals surface area (Å²) >= 11 is 1.47. The number of sulfonamides is 1. The van der Waals surface area contributed by atoms with Crippen molar-refractivity contribution in [1.29, 1.82) is 0 Å². The molecule has 0 aliphatic heterocycles. The van der Waals surface area contributed by atoms with E-state index in [1.165, 1.54) is 17.7 Å². The van der Waals surface area contributed by atoms with E-state index in [0.29, 0.717) is 5.82 Å². The van der Waals surface area contributed by atoms with Crippen LogP contribution in [-0.4, -0.2) is 24.6 Å². The second-order valence-corrected chi connectivity index (χ2v) is 5.80. The molecule has 15 heavy (non-hydrogen) atoms. The second kappa shape index (κ2) is 3.42. The minimum absolute atomic E-state index is 0.348. The Bertz CT molecular complexity index is 603. The molecule has 0 saturated heterocycles. The summed E-state index contributed by atoms with van der Waals surface area (Å²) in [5.74, 6) is 0.348. The highest BCUT2D eigenvalue weighted by Gasteiger charge is 2.11. The predicted octanol–water partition coefficient (Wildman–Crippen LogP) is 1.37. The van der Waals surface area contributed by atoms with Gasteiger partial charge < -0.3 is 0 Å². The molecule has 0 spiro atoms. The van der Waals surface area contributed by atoms with Crippen LogP contribution in [0.4, 0.5) is 5.82 Å². The van der Waals surface area contributed by atoms with E-state index in [4.69, 9.17) is 0 Å². The smallest absolute Gasteiger partial charge is 0.230 e. The Morgan fingerprint density at radius 3 is 2.80 bits per heavy atom. The van der Waals surface area contributed by atoms with Gasteiger partial charge in [0.25, 0.3) is 0 Å². The van der Waals surface area contributed by atoms with Gasteiger partial charge in [-0.3, -0.25) is 4.72 Å². The first kappa shape index (κ1) is 10.3. The van der Waals surface area contributed by atoms with Crippen LogP contribution in [0.2, 0.25) is 0 Å². The quantitative estimate of drug-likeness (QED) is 0.864. The monoisotopic (exact) mass is 243 g/mol. The van der Waals surface area contributed by atoms with Gasteiger partial charge in [-0.15, -0.1) is 11.3 Å². The molecule has 0 aliphatic carbocycles. The molecule has 0 amide bonds. The largest absolute Gasteiger partial charge is 0.267 e. The Hall–Kier alpha value is -1.21. The SMILES string of the molecule is Cc1csc2ncnc(NS(C)(=O)=O)c12. The van der Waals surface area contributed by atoms with Gasteiger partial charge in [-0.2, -0.15) is 0 Å². The van der Waals surface area contributed by atoms with Gasteiger partial charge in [-0.1, -0.05) is 0 Å². The lowest BCUT2D eigenvalue weighted by Gasteiger charge is -2.03. The van der Waals surface area contributed by atoms with Crippen molar-refractivity contribution in [2.45, 2.75) is 6.92 Å². The molecule has 5 nitrogen and oxygen atoms in total. The molecule has 0 bridgehead atoms. The number of nitrogens with one attached hydrogen (secondary N) is 1. The van der Waals surface area contributed by atoms with E-state index in [2.05, 4.69) is 14.7 Å². The maximum Gasteiger partial charge on any atom is 0.230 e. The lowest BCUT2D eigenvalue weighted by Crippen LogP contribution is -2.11. The minimum atomic E-state index is -3.30. The Kier molecular flexibility index (Phi) is 2.35. The molecule has 0 aromatic carbocycles. The van der Waals surface area contributed by atoms with Crippen molar-refractivity contribution in [2.24, 2.45) is 0 Å². The van der Waals surface area contributed by atoms with Crippen molar-refractivity contribution >= 4 is 37.4 Å². The molecule has 2 aromatic rings. The Morgan fingerprint density at radius 2 is 2.13 bits per heavy atom. The maximum atomic E-state index is 11.1. The van der Waals surface area contributed by atoms with Crippen LogP contribution in [0.3, 0.4) is 0 Å². The third kappa shape index (κ3) is 2.07. The fraction of sp³-hybridized carbons (Fsp3) is 0.250. The first-order valence-corrected chi connectivity index (χ1v) is 6.91. The van der Waals surface area contributed by atoms with Crippen molar-refractivity contribution in [3.8, 4) is 0 Å². The zero-order chi connectivity index (χ0) is 11.1. The number of fused-ring (bicyclic) bond motifs is 1. The van der Waals surface area contributed by atoms with Crippen LogP contribution in [0.1, 0.15) is 5.56 Å². The maximum absolute atomic E-state index is 11.1. The molecule has 0 unspecified atom stereocenters. The van der Waals surface area contributed by atoms with E-state index in [9.17, 15) is 8.42 Å². The fourth-order valence-corrected chi connectivity index (χ4v) is 2.67. The van der Waals surface area contributed by atoms with E-state index in [-0.39, 0.29) is 0 Å². The Labute approximate surface area is 91.2 Å². The highest BCUT2D eigenvalue weighted by atomic mass is 32.2. The summed E-state index contributed by atoms with van der Waals surface area (Å²) in [5, 5.41) is 2.69. The first-order valence-electron chi connectivity index (χ1n) is 4.14. The molecule has 2 rings (SSSR count). The number of hydrogen-bond donors (Lipinski definition) is 1. The van der Waals surface area contributed by atoms with Crippen LogP contribution in [0.25, 0.3) is 10.2 Å². The third-order valence-electron chi connectivity index (χ3n) is 1.84. The minimum Gasteiger partial charge on any atom is -0.267 e. The van der Waals surface area contributed by atoms with Crippen molar-refractivity contribution in [2.75, 3.05) is 11.0 Å². The van der Waals surface area contributed by atoms with E-state index < -0.39 is 10.0 Å². The molecular formula is C8H9N3O2S2. The van der Waals surface area contributed by atoms with Crippen LogP contribution in [0.5, 0.6) is 0 Å². The van der Waals surface area contributed by atoms with Crippen LogP contribution in [-0.2, 0) is 10.0 Å². The van der Waals surface area contributed by atoms with Gasteiger partial charge in [0, 0.05) is 0 Å². The van der Waals surface area contributed by atoms with Crippen LogP contribution in [0, 0.1) is 6.92 Å². The molecular weight excluding hydrogens is 234 g/mol. The van der Waals surface area contributed by atoms with Crippen molar-refractivity contribution in [1.82, 2.24) is 9.97 Å². The molecule has 7 heteroatoms. The summed E-state index contributed by atoms with van der Waals surface area (Å²) in [5.41, 5.74) is 0.974. The molecule has 2 aromatic heterocycles. The number of nitrogens with zero attached hydrogens (tertiary/aromatic N) is 2. The zero-order valence-corrected chi connectivity index (χ0v) is 9.82. The molecule has 0 saturated carbocycles. The van der Waals surface area contributed by atoms with Gasteiger partial charge in [-0.05, 0) is 17.9 Å². The third-order valence-corrected chi connectivity index (χ3v) is 3.40. The summed E-state index contributed by atoms with van der Waals surface area (Å²) in [7, 11) is -3.30. The Morgan fingerprint density at radius 1 is 1.40 bits per heavy atom. The number of thiophene rings is 1.